The SMILES string of the molecule is COc1ccc(Cn2c(=O)cc(C#CCNC(=O)OC(C)(C)C)[nH]c2=O)cc1. The molecule has 0 saturated carbocycles. The first-order chi connectivity index (χ1) is 13.2. The number of rotatable bonds is 4. The molecule has 0 unspecified atom stereocenters. The van der Waals surface area contributed by atoms with Crippen LogP contribution in [0.25, 0.3) is 0 Å². The Morgan fingerprint density at radius 1 is 1.21 bits per heavy atom. The number of methoxy groups -OCH3 is 1. The van der Waals surface area contributed by atoms with Crippen LogP contribution in [0.5, 0.6) is 5.75 Å². The summed E-state index contributed by atoms with van der Waals surface area (Å²) >= 11 is 0. The zero-order valence-corrected chi connectivity index (χ0v) is 16.3. The molecular weight excluding hydrogens is 362 g/mol. The van der Waals surface area contributed by atoms with Crippen molar-refractivity contribution in [3.05, 3.63) is 62.4 Å². The van der Waals surface area contributed by atoms with Gasteiger partial charge in [-0.15, -0.1) is 0 Å². The lowest BCUT2D eigenvalue weighted by molar-refractivity contribution is 0.0535. The van der Waals surface area contributed by atoms with Crippen LogP contribution < -0.4 is 21.3 Å². The number of benzene rings is 1. The number of aromatic nitrogens is 2. The van der Waals surface area contributed by atoms with Crippen molar-refractivity contribution in [1.82, 2.24) is 14.9 Å². The topological polar surface area (TPSA) is 102 Å². The van der Waals surface area contributed by atoms with Crippen LogP contribution in [0.1, 0.15) is 32.0 Å². The maximum atomic E-state index is 12.2. The van der Waals surface area contributed by atoms with Crippen molar-refractivity contribution >= 4 is 6.09 Å². The molecule has 8 nitrogen and oxygen atoms in total. The van der Waals surface area contributed by atoms with E-state index in [9.17, 15) is 14.4 Å². The molecule has 0 spiro atoms. The molecule has 1 aromatic heterocycles. The van der Waals surface area contributed by atoms with Gasteiger partial charge in [0.2, 0.25) is 0 Å². The van der Waals surface area contributed by atoms with Gasteiger partial charge in [0, 0.05) is 6.07 Å². The molecule has 0 saturated heterocycles. The quantitative estimate of drug-likeness (QED) is 0.776. The van der Waals surface area contributed by atoms with Gasteiger partial charge in [0.25, 0.3) is 5.56 Å². The third kappa shape index (κ3) is 6.36. The highest BCUT2D eigenvalue weighted by Crippen LogP contribution is 2.11. The van der Waals surface area contributed by atoms with Gasteiger partial charge in [0.15, 0.2) is 0 Å². The molecule has 8 heteroatoms. The molecule has 0 aliphatic carbocycles. The summed E-state index contributed by atoms with van der Waals surface area (Å²) in [4.78, 5) is 38.5. The number of nitrogens with one attached hydrogen (secondary N) is 2. The fourth-order valence-corrected chi connectivity index (χ4v) is 2.22. The van der Waals surface area contributed by atoms with Crippen molar-refractivity contribution < 1.29 is 14.3 Å². The molecule has 0 fully saturated rings. The molecule has 148 valence electrons. The van der Waals surface area contributed by atoms with E-state index in [1.807, 2.05) is 0 Å². The number of alkyl carbamates (subject to hydrolysis) is 1. The monoisotopic (exact) mass is 385 g/mol. The van der Waals surface area contributed by atoms with E-state index in [0.717, 1.165) is 10.1 Å². The Bertz CT molecular complexity index is 970. The lowest BCUT2D eigenvalue weighted by atomic mass is 10.2. The second kappa shape index (κ2) is 8.95. The number of ether oxygens (including phenoxy) is 2. The molecular formula is C20H23N3O5. The van der Waals surface area contributed by atoms with E-state index in [0.29, 0.717) is 5.75 Å². The van der Waals surface area contributed by atoms with Crippen LogP contribution in [0, 0.1) is 11.8 Å². The minimum atomic E-state index is -0.600. The van der Waals surface area contributed by atoms with Gasteiger partial charge >= 0.3 is 11.8 Å². The molecule has 1 amide bonds. The standard InChI is InChI=1S/C20H23N3O5/c1-20(2,3)28-19(26)21-11-5-6-15-12-17(24)23(18(25)22-15)13-14-7-9-16(27-4)10-8-14/h7-10,12H,11,13H2,1-4H3,(H,21,26)(H,22,25). The zero-order valence-electron chi connectivity index (χ0n) is 16.3. The van der Waals surface area contributed by atoms with E-state index in [1.165, 1.54) is 6.07 Å². The minimum Gasteiger partial charge on any atom is -0.497 e. The van der Waals surface area contributed by atoms with E-state index < -0.39 is 22.9 Å². The molecule has 1 aromatic carbocycles. The number of aromatic amines is 1. The average Bonchev–Trinajstić information content (AvgIpc) is 2.61. The summed E-state index contributed by atoms with van der Waals surface area (Å²) in [5.41, 5.74) is -0.672. The van der Waals surface area contributed by atoms with E-state index in [4.69, 9.17) is 9.47 Å². The van der Waals surface area contributed by atoms with Crippen molar-refractivity contribution in [2.45, 2.75) is 32.9 Å². The Morgan fingerprint density at radius 3 is 2.46 bits per heavy atom. The van der Waals surface area contributed by atoms with E-state index in [-0.39, 0.29) is 18.8 Å². The van der Waals surface area contributed by atoms with Crippen LogP contribution in [0.15, 0.2) is 39.9 Å². The fraction of sp³-hybridized carbons (Fsp3) is 0.350. The second-order valence-corrected chi connectivity index (χ2v) is 6.92. The summed E-state index contributed by atoms with van der Waals surface area (Å²) in [7, 11) is 1.56. The number of nitrogens with zero attached hydrogens (tertiary/aromatic N) is 1. The van der Waals surface area contributed by atoms with Gasteiger partial charge in [-0.1, -0.05) is 18.1 Å². The van der Waals surface area contributed by atoms with Crippen LogP contribution >= 0.6 is 0 Å². The first-order valence-electron chi connectivity index (χ1n) is 8.61. The number of hydrogen-bond donors (Lipinski definition) is 2. The third-order valence-corrected chi connectivity index (χ3v) is 3.46. The summed E-state index contributed by atoms with van der Waals surface area (Å²) in [6, 6.07) is 8.31. The highest BCUT2D eigenvalue weighted by molar-refractivity contribution is 5.68. The Balaban J connectivity index is 2.04. The zero-order chi connectivity index (χ0) is 20.7. The van der Waals surface area contributed by atoms with Gasteiger partial charge in [0.1, 0.15) is 11.4 Å². The van der Waals surface area contributed by atoms with Gasteiger partial charge < -0.3 is 14.8 Å². The normalized spacial score (nSPS) is 10.6. The molecule has 2 aromatic rings. The maximum absolute atomic E-state index is 12.2. The molecule has 28 heavy (non-hydrogen) atoms. The lowest BCUT2D eigenvalue weighted by Crippen LogP contribution is -2.35. The van der Waals surface area contributed by atoms with Crippen molar-refractivity contribution in [1.29, 1.82) is 0 Å². The van der Waals surface area contributed by atoms with Crippen molar-refractivity contribution in [2.75, 3.05) is 13.7 Å². The predicted molar refractivity (Wildman–Crippen MR) is 105 cm³/mol. The average molecular weight is 385 g/mol. The molecule has 0 atom stereocenters. The Labute approximate surface area is 162 Å². The first kappa shape index (κ1) is 20.8. The summed E-state index contributed by atoms with van der Waals surface area (Å²) < 4.78 is 11.2. The van der Waals surface area contributed by atoms with Crippen molar-refractivity contribution in [3.63, 3.8) is 0 Å². The summed E-state index contributed by atoms with van der Waals surface area (Å²) in [5, 5.41) is 2.47. The van der Waals surface area contributed by atoms with E-state index in [2.05, 4.69) is 22.1 Å². The third-order valence-electron chi connectivity index (χ3n) is 3.46. The fourth-order valence-electron chi connectivity index (χ4n) is 2.22. The lowest BCUT2D eigenvalue weighted by Gasteiger charge is -2.18. The smallest absolute Gasteiger partial charge is 0.408 e. The molecule has 0 bridgehead atoms. The van der Waals surface area contributed by atoms with Crippen molar-refractivity contribution in [3.8, 4) is 17.6 Å². The van der Waals surface area contributed by atoms with Crippen LogP contribution in [0.2, 0.25) is 0 Å². The summed E-state index contributed by atoms with van der Waals surface area (Å²) in [5.74, 6) is 6.00. The minimum absolute atomic E-state index is 0.0197. The Kier molecular flexibility index (Phi) is 6.66. The molecule has 2 rings (SSSR count). The van der Waals surface area contributed by atoms with Crippen LogP contribution in [-0.4, -0.2) is 34.9 Å². The Morgan fingerprint density at radius 2 is 1.89 bits per heavy atom. The largest absolute Gasteiger partial charge is 0.497 e. The summed E-state index contributed by atoms with van der Waals surface area (Å²) in [6.07, 6.45) is -0.592. The number of carbonyl (C=O) groups excluding carboxylic acids is 1. The van der Waals surface area contributed by atoms with Gasteiger partial charge in [0.05, 0.1) is 25.9 Å². The number of H-pyrrole nitrogens is 1. The molecule has 2 N–H and O–H groups in total. The van der Waals surface area contributed by atoms with Gasteiger partial charge in [-0.3, -0.25) is 14.3 Å². The first-order valence-corrected chi connectivity index (χ1v) is 8.61. The molecule has 1 heterocycles. The number of amides is 1. The number of hydrogen-bond acceptors (Lipinski definition) is 5. The second-order valence-electron chi connectivity index (χ2n) is 6.92. The van der Waals surface area contributed by atoms with Crippen LogP contribution in [-0.2, 0) is 11.3 Å². The van der Waals surface area contributed by atoms with E-state index in [1.54, 1.807) is 52.1 Å². The van der Waals surface area contributed by atoms with E-state index >= 15 is 0 Å². The molecule has 0 radical (unpaired) electrons. The number of carbonyl (C=O) groups is 1. The predicted octanol–water partition coefficient (Wildman–Crippen LogP) is 1.47. The summed E-state index contributed by atoms with van der Waals surface area (Å²) in [6.45, 7) is 5.41. The maximum Gasteiger partial charge on any atom is 0.408 e. The molecule has 0 aliphatic rings. The van der Waals surface area contributed by atoms with Gasteiger partial charge in [-0.25, -0.2) is 9.59 Å². The Hall–Kier alpha value is -3.47. The van der Waals surface area contributed by atoms with Gasteiger partial charge in [-0.05, 0) is 44.4 Å². The van der Waals surface area contributed by atoms with Crippen LogP contribution in [0.3, 0.4) is 0 Å². The highest BCUT2D eigenvalue weighted by Gasteiger charge is 2.15. The molecule has 0 aliphatic heterocycles. The van der Waals surface area contributed by atoms with Gasteiger partial charge in [-0.2, -0.15) is 0 Å². The van der Waals surface area contributed by atoms with Crippen LogP contribution in [0.4, 0.5) is 4.79 Å². The highest BCUT2D eigenvalue weighted by atomic mass is 16.6. The van der Waals surface area contributed by atoms with Crippen molar-refractivity contribution in [2.24, 2.45) is 0 Å².